The summed E-state index contributed by atoms with van der Waals surface area (Å²) in [5, 5.41) is 6.74. The molecule has 1 aromatic rings. The highest BCUT2D eigenvalue weighted by Crippen LogP contribution is 2.68. The quantitative estimate of drug-likeness (QED) is 0.698. The number of rotatable bonds is 5. The number of amides is 2. The molecule has 2 amide bonds. The lowest BCUT2D eigenvalue weighted by molar-refractivity contribution is -0.137. The standard InChI is InChI=1S/C19H24ClN3O4/c1-26-14-8-12(20)2-3-13(14)15(24)23-11-17-9-18(10-17,16(21)25)19(27-17)4-6-22-7-5-19/h2-3,8,22H,4-7,9-11H2,1H3,(H2,21,25)(H,23,24). The Hall–Kier alpha value is -1.83. The van der Waals surface area contributed by atoms with E-state index in [0.29, 0.717) is 35.7 Å². The van der Waals surface area contributed by atoms with Crippen LogP contribution in [0.5, 0.6) is 5.75 Å². The minimum atomic E-state index is -0.613. The van der Waals surface area contributed by atoms with E-state index in [2.05, 4.69) is 10.6 Å². The zero-order valence-electron chi connectivity index (χ0n) is 15.3. The lowest BCUT2D eigenvalue weighted by atomic mass is 9.53. The molecule has 2 bridgehead atoms. The summed E-state index contributed by atoms with van der Waals surface area (Å²) < 4.78 is 11.7. The van der Waals surface area contributed by atoms with Crippen LogP contribution in [0.1, 0.15) is 36.0 Å². The molecule has 3 aliphatic heterocycles. The SMILES string of the molecule is COc1cc(Cl)ccc1C(=O)NCC12CC(C(N)=O)(C1)C1(CCNCC1)O2. The van der Waals surface area contributed by atoms with Crippen LogP contribution in [0, 0.1) is 5.41 Å². The maximum absolute atomic E-state index is 12.6. The molecule has 4 N–H and O–H groups in total. The van der Waals surface area contributed by atoms with Gasteiger partial charge in [0.1, 0.15) is 5.75 Å². The van der Waals surface area contributed by atoms with Gasteiger partial charge in [-0.05, 0) is 57.0 Å². The maximum Gasteiger partial charge on any atom is 0.255 e. The molecule has 0 radical (unpaired) electrons. The Bertz CT molecular complexity index is 785. The Kier molecular flexibility index (Phi) is 4.36. The van der Waals surface area contributed by atoms with Crippen molar-refractivity contribution in [2.75, 3.05) is 26.7 Å². The summed E-state index contributed by atoms with van der Waals surface area (Å²) in [4.78, 5) is 24.9. The molecule has 0 atom stereocenters. The third-order valence-corrected chi connectivity index (χ3v) is 6.63. The van der Waals surface area contributed by atoms with E-state index < -0.39 is 16.6 Å². The van der Waals surface area contributed by atoms with E-state index in [1.54, 1.807) is 18.2 Å². The number of methoxy groups -OCH3 is 1. The Morgan fingerprint density at radius 2 is 2.04 bits per heavy atom. The zero-order valence-corrected chi connectivity index (χ0v) is 16.0. The van der Waals surface area contributed by atoms with E-state index in [9.17, 15) is 9.59 Å². The smallest absolute Gasteiger partial charge is 0.255 e. The molecular formula is C19H24ClN3O4. The lowest BCUT2D eigenvalue weighted by Crippen LogP contribution is -2.60. The second-order valence-electron chi connectivity index (χ2n) is 7.86. The van der Waals surface area contributed by atoms with E-state index in [0.717, 1.165) is 25.9 Å². The van der Waals surface area contributed by atoms with E-state index in [1.807, 2.05) is 0 Å². The molecule has 4 aliphatic rings. The predicted octanol–water partition coefficient (Wildman–Crippen LogP) is 1.24. The second kappa shape index (κ2) is 6.36. The molecule has 7 nitrogen and oxygen atoms in total. The topological polar surface area (TPSA) is 103 Å². The van der Waals surface area contributed by atoms with Crippen molar-refractivity contribution in [2.24, 2.45) is 11.1 Å². The molecule has 5 rings (SSSR count). The first-order chi connectivity index (χ1) is 12.9. The first kappa shape index (κ1) is 18.5. The number of primary amides is 1. The molecule has 1 aliphatic carbocycles. The number of piperidine rings is 1. The van der Waals surface area contributed by atoms with Crippen LogP contribution in [-0.4, -0.2) is 49.8 Å². The van der Waals surface area contributed by atoms with Crippen molar-refractivity contribution < 1.29 is 19.1 Å². The normalized spacial score (nSPS) is 30.6. The molecule has 3 heterocycles. The van der Waals surface area contributed by atoms with Gasteiger partial charge in [-0.3, -0.25) is 9.59 Å². The Labute approximate surface area is 162 Å². The summed E-state index contributed by atoms with van der Waals surface area (Å²) in [5.74, 6) is -0.132. The number of nitrogens with one attached hydrogen (secondary N) is 2. The van der Waals surface area contributed by atoms with Gasteiger partial charge >= 0.3 is 0 Å². The summed E-state index contributed by atoms with van der Waals surface area (Å²) in [6.45, 7) is 1.95. The van der Waals surface area contributed by atoms with Gasteiger partial charge in [-0.25, -0.2) is 0 Å². The van der Waals surface area contributed by atoms with Gasteiger partial charge < -0.3 is 25.8 Å². The second-order valence-corrected chi connectivity index (χ2v) is 8.29. The number of hydrogen-bond acceptors (Lipinski definition) is 5. The van der Waals surface area contributed by atoms with Crippen molar-refractivity contribution >= 4 is 23.4 Å². The van der Waals surface area contributed by atoms with Gasteiger partial charge in [-0.2, -0.15) is 0 Å². The van der Waals surface area contributed by atoms with Crippen LogP contribution in [0.15, 0.2) is 18.2 Å². The van der Waals surface area contributed by atoms with Gasteiger partial charge in [0.05, 0.1) is 29.3 Å². The summed E-state index contributed by atoms with van der Waals surface area (Å²) >= 11 is 5.96. The minimum Gasteiger partial charge on any atom is -0.496 e. The number of ether oxygens (including phenoxy) is 2. The van der Waals surface area contributed by atoms with Gasteiger partial charge in [-0.1, -0.05) is 11.6 Å². The molecule has 146 valence electrons. The molecule has 27 heavy (non-hydrogen) atoms. The van der Waals surface area contributed by atoms with Crippen LogP contribution in [0.4, 0.5) is 0 Å². The maximum atomic E-state index is 12.6. The monoisotopic (exact) mass is 393 g/mol. The molecule has 8 heteroatoms. The fourth-order valence-electron chi connectivity index (χ4n) is 5.11. The van der Waals surface area contributed by atoms with Gasteiger partial charge in [0, 0.05) is 11.6 Å². The van der Waals surface area contributed by atoms with Gasteiger partial charge in [0.25, 0.3) is 5.91 Å². The number of halogens is 1. The van der Waals surface area contributed by atoms with Gasteiger partial charge in [0.2, 0.25) is 5.91 Å². The van der Waals surface area contributed by atoms with Crippen molar-refractivity contribution in [2.45, 2.75) is 36.9 Å². The number of carbonyl (C=O) groups excluding carboxylic acids is 2. The number of benzene rings is 1. The highest BCUT2D eigenvalue weighted by Gasteiger charge is 2.77. The van der Waals surface area contributed by atoms with Crippen LogP contribution in [0.25, 0.3) is 0 Å². The largest absolute Gasteiger partial charge is 0.496 e. The number of hydrogen-bond donors (Lipinski definition) is 3. The number of carbonyl (C=O) groups is 2. The molecule has 0 aromatic heterocycles. The van der Waals surface area contributed by atoms with Crippen LogP contribution in [-0.2, 0) is 9.53 Å². The highest BCUT2D eigenvalue weighted by atomic mass is 35.5. The molecule has 1 spiro atoms. The summed E-state index contributed by atoms with van der Waals surface area (Å²) in [5.41, 5.74) is 4.54. The van der Waals surface area contributed by atoms with Crippen molar-refractivity contribution in [3.63, 3.8) is 0 Å². The summed E-state index contributed by atoms with van der Waals surface area (Å²) in [7, 11) is 1.50. The molecule has 1 aromatic carbocycles. The molecule has 1 saturated carbocycles. The first-order valence-corrected chi connectivity index (χ1v) is 9.56. The van der Waals surface area contributed by atoms with Crippen molar-refractivity contribution in [3.8, 4) is 5.75 Å². The van der Waals surface area contributed by atoms with Crippen molar-refractivity contribution in [3.05, 3.63) is 28.8 Å². The molecule has 0 unspecified atom stereocenters. The van der Waals surface area contributed by atoms with E-state index >= 15 is 0 Å². The molecule has 3 saturated heterocycles. The van der Waals surface area contributed by atoms with Crippen LogP contribution in [0.2, 0.25) is 5.02 Å². The average Bonchev–Trinajstić information content (AvgIpc) is 3.04. The van der Waals surface area contributed by atoms with E-state index in [4.69, 9.17) is 26.8 Å². The third kappa shape index (κ3) is 2.71. The Morgan fingerprint density at radius 1 is 1.33 bits per heavy atom. The van der Waals surface area contributed by atoms with Crippen LogP contribution in [0.3, 0.4) is 0 Å². The van der Waals surface area contributed by atoms with Gasteiger partial charge in [-0.15, -0.1) is 0 Å². The van der Waals surface area contributed by atoms with Crippen molar-refractivity contribution in [1.82, 2.24) is 10.6 Å². The Morgan fingerprint density at radius 3 is 2.67 bits per heavy atom. The summed E-state index contributed by atoms with van der Waals surface area (Å²) in [6.07, 6.45) is 2.65. The predicted molar refractivity (Wildman–Crippen MR) is 99.8 cm³/mol. The lowest BCUT2D eigenvalue weighted by Gasteiger charge is -2.47. The molecule has 4 fully saturated rings. The molecular weight excluding hydrogens is 370 g/mol. The number of nitrogens with two attached hydrogens (primary N) is 1. The first-order valence-electron chi connectivity index (χ1n) is 9.18. The third-order valence-electron chi connectivity index (χ3n) is 6.39. The average molecular weight is 394 g/mol. The van der Waals surface area contributed by atoms with Crippen LogP contribution >= 0.6 is 11.6 Å². The fourth-order valence-corrected chi connectivity index (χ4v) is 5.28. The van der Waals surface area contributed by atoms with Crippen LogP contribution < -0.4 is 21.1 Å². The highest BCUT2D eigenvalue weighted by molar-refractivity contribution is 6.30. The van der Waals surface area contributed by atoms with E-state index in [1.165, 1.54) is 7.11 Å². The Balaban J connectivity index is 1.49. The fraction of sp³-hybridized carbons (Fsp3) is 0.579. The minimum absolute atomic E-state index is 0.260. The van der Waals surface area contributed by atoms with E-state index in [-0.39, 0.29) is 11.8 Å². The van der Waals surface area contributed by atoms with Crippen molar-refractivity contribution in [1.29, 1.82) is 0 Å². The van der Waals surface area contributed by atoms with Gasteiger partial charge in [0.15, 0.2) is 0 Å². The summed E-state index contributed by atoms with van der Waals surface area (Å²) in [6, 6.07) is 4.88. The zero-order chi connectivity index (χ0) is 19.3.